The van der Waals surface area contributed by atoms with Gasteiger partial charge in [-0.15, -0.1) is 11.3 Å². The third-order valence-electron chi connectivity index (χ3n) is 3.36. The number of thiazole rings is 1. The molecule has 0 radical (unpaired) electrons. The Kier molecular flexibility index (Phi) is 3.14. The fourth-order valence-corrected chi connectivity index (χ4v) is 3.20. The molecule has 0 atom stereocenters. The molecule has 0 fully saturated rings. The summed E-state index contributed by atoms with van der Waals surface area (Å²) in [5.41, 5.74) is 9.41. The molecule has 0 unspecified atom stereocenters. The molecule has 2 N–H and O–H groups in total. The highest BCUT2D eigenvalue weighted by Crippen LogP contribution is 2.33. The minimum absolute atomic E-state index is 0.325. The first kappa shape index (κ1) is 13.0. The molecular weight excluding hydrogens is 270 g/mol. The van der Waals surface area contributed by atoms with E-state index < -0.39 is 0 Å². The third-order valence-corrected chi connectivity index (χ3v) is 4.19. The molecule has 0 aliphatic rings. The number of nitrogens with two attached hydrogens (primary N) is 1. The van der Waals surface area contributed by atoms with Crippen LogP contribution in [0.15, 0.2) is 29.6 Å². The van der Waals surface area contributed by atoms with Crippen LogP contribution in [-0.4, -0.2) is 16.5 Å². The normalized spacial score (nSPS) is 11.4. The monoisotopic (exact) mass is 287 g/mol. The average molecular weight is 287 g/mol. The summed E-state index contributed by atoms with van der Waals surface area (Å²) in [6.45, 7) is 4.21. The number of nitrogen functional groups attached to an aromatic ring is 1. The van der Waals surface area contributed by atoms with Crippen molar-refractivity contribution in [1.29, 1.82) is 0 Å². The van der Waals surface area contributed by atoms with Crippen LogP contribution in [0.1, 0.15) is 25.5 Å². The van der Waals surface area contributed by atoms with Gasteiger partial charge in [-0.3, -0.25) is 4.40 Å². The van der Waals surface area contributed by atoms with Gasteiger partial charge in [-0.05, 0) is 35.7 Å². The maximum absolute atomic E-state index is 6.26. The van der Waals surface area contributed by atoms with Crippen LogP contribution in [0.4, 0.5) is 5.82 Å². The van der Waals surface area contributed by atoms with E-state index in [0.29, 0.717) is 5.92 Å². The molecule has 2 aromatic heterocycles. The van der Waals surface area contributed by atoms with Crippen molar-refractivity contribution >= 4 is 22.1 Å². The summed E-state index contributed by atoms with van der Waals surface area (Å²) in [6, 6.07) is 7.98. The maximum Gasteiger partial charge on any atom is 0.196 e. The Morgan fingerprint density at radius 1 is 1.25 bits per heavy atom. The lowest BCUT2D eigenvalue weighted by Crippen LogP contribution is -1.98. The summed E-state index contributed by atoms with van der Waals surface area (Å²) in [4.78, 5) is 5.57. The predicted molar refractivity (Wildman–Crippen MR) is 83.6 cm³/mol. The van der Waals surface area contributed by atoms with Gasteiger partial charge in [-0.25, -0.2) is 4.98 Å². The van der Waals surface area contributed by atoms with Crippen LogP contribution in [0.5, 0.6) is 5.75 Å². The number of benzene rings is 1. The molecule has 4 nitrogen and oxygen atoms in total. The topological polar surface area (TPSA) is 52.5 Å². The number of fused-ring (bicyclic) bond motifs is 1. The SMILES string of the molecule is COc1ccc(-c2csc3nc(C(C)C)c(N)n23)cc1. The van der Waals surface area contributed by atoms with Gasteiger partial charge in [0.2, 0.25) is 0 Å². The zero-order valence-corrected chi connectivity index (χ0v) is 12.6. The highest BCUT2D eigenvalue weighted by Gasteiger charge is 2.17. The van der Waals surface area contributed by atoms with E-state index in [9.17, 15) is 0 Å². The van der Waals surface area contributed by atoms with Crippen LogP contribution in [-0.2, 0) is 0 Å². The van der Waals surface area contributed by atoms with E-state index in [1.165, 1.54) is 0 Å². The van der Waals surface area contributed by atoms with E-state index in [1.807, 2.05) is 28.7 Å². The average Bonchev–Trinajstić information content (AvgIpc) is 3.00. The molecule has 0 bridgehead atoms. The number of hydrogen-bond donors (Lipinski definition) is 1. The lowest BCUT2D eigenvalue weighted by atomic mass is 10.1. The van der Waals surface area contributed by atoms with E-state index in [0.717, 1.165) is 33.5 Å². The number of imidazole rings is 1. The molecule has 0 amide bonds. The van der Waals surface area contributed by atoms with E-state index in [-0.39, 0.29) is 0 Å². The Morgan fingerprint density at radius 2 is 1.95 bits per heavy atom. The number of ether oxygens (including phenoxy) is 1. The molecule has 0 aliphatic carbocycles. The standard InChI is InChI=1S/C15H17N3OS/c1-9(2)13-14(16)18-12(8-20-15(18)17-13)10-4-6-11(19-3)7-5-10/h4-9H,16H2,1-3H3. The molecule has 3 aromatic rings. The second-order valence-electron chi connectivity index (χ2n) is 5.00. The molecule has 1 aromatic carbocycles. The lowest BCUT2D eigenvalue weighted by molar-refractivity contribution is 0.415. The first-order chi connectivity index (χ1) is 9.61. The van der Waals surface area contributed by atoms with Crippen molar-refractivity contribution in [2.24, 2.45) is 0 Å². The first-order valence-corrected chi connectivity index (χ1v) is 7.39. The fraction of sp³-hybridized carbons (Fsp3) is 0.267. The maximum atomic E-state index is 6.26. The van der Waals surface area contributed by atoms with Gasteiger partial charge < -0.3 is 10.5 Å². The fourth-order valence-electron chi connectivity index (χ4n) is 2.28. The van der Waals surface area contributed by atoms with Crippen molar-refractivity contribution in [3.05, 3.63) is 35.3 Å². The molecule has 0 saturated carbocycles. The van der Waals surface area contributed by atoms with Crippen LogP contribution >= 0.6 is 11.3 Å². The second kappa shape index (κ2) is 4.83. The largest absolute Gasteiger partial charge is 0.497 e. The molecule has 2 heterocycles. The summed E-state index contributed by atoms with van der Waals surface area (Å²) < 4.78 is 7.22. The molecule has 0 saturated heterocycles. The summed E-state index contributed by atoms with van der Waals surface area (Å²) in [5, 5.41) is 2.09. The Bertz CT molecular complexity index is 740. The molecule has 5 heteroatoms. The molecule has 104 valence electrons. The second-order valence-corrected chi connectivity index (χ2v) is 5.84. The Labute approximate surface area is 121 Å². The van der Waals surface area contributed by atoms with E-state index >= 15 is 0 Å². The van der Waals surface area contributed by atoms with Crippen molar-refractivity contribution in [3.63, 3.8) is 0 Å². The third kappa shape index (κ3) is 1.94. The number of methoxy groups -OCH3 is 1. The molecular formula is C15H17N3OS. The van der Waals surface area contributed by atoms with Gasteiger partial charge in [0.25, 0.3) is 0 Å². The summed E-state index contributed by atoms with van der Waals surface area (Å²) >= 11 is 1.61. The minimum Gasteiger partial charge on any atom is -0.497 e. The Morgan fingerprint density at radius 3 is 2.55 bits per heavy atom. The summed E-state index contributed by atoms with van der Waals surface area (Å²) in [6.07, 6.45) is 0. The van der Waals surface area contributed by atoms with Crippen molar-refractivity contribution in [3.8, 4) is 17.0 Å². The summed E-state index contributed by atoms with van der Waals surface area (Å²) in [5.74, 6) is 1.91. The zero-order chi connectivity index (χ0) is 14.3. The lowest BCUT2D eigenvalue weighted by Gasteiger charge is -2.05. The Balaban J connectivity index is 2.15. The molecule has 20 heavy (non-hydrogen) atoms. The predicted octanol–water partition coefficient (Wildman–Crippen LogP) is 3.78. The van der Waals surface area contributed by atoms with Crippen LogP contribution in [0.2, 0.25) is 0 Å². The van der Waals surface area contributed by atoms with Crippen molar-refractivity contribution in [1.82, 2.24) is 9.38 Å². The molecule has 0 spiro atoms. The van der Waals surface area contributed by atoms with Gasteiger partial charge in [-0.1, -0.05) is 13.8 Å². The van der Waals surface area contributed by atoms with Gasteiger partial charge in [0.15, 0.2) is 4.96 Å². The number of aromatic nitrogens is 2. The number of anilines is 1. The molecule has 0 aliphatic heterocycles. The van der Waals surface area contributed by atoms with Crippen LogP contribution in [0, 0.1) is 0 Å². The Hall–Kier alpha value is -2.01. The molecule has 3 rings (SSSR count). The van der Waals surface area contributed by atoms with Crippen LogP contribution in [0.25, 0.3) is 16.2 Å². The van der Waals surface area contributed by atoms with Gasteiger partial charge in [0.1, 0.15) is 11.6 Å². The van der Waals surface area contributed by atoms with E-state index in [4.69, 9.17) is 10.5 Å². The van der Waals surface area contributed by atoms with Crippen LogP contribution in [0.3, 0.4) is 0 Å². The number of nitrogens with zero attached hydrogens (tertiary/aromatic N) is 2. The van der Waals surface area contributed by atoms with Crippen LogP contribution < -0.4 is 10.5 Å². The quantitative estimate of drug-likeness (QED) is 0.797. The first-order valence-electron chi connectivity index (χ1n) is 6.51. The van der Waals surface area contributed by atoms with Crippen molar-refractivity contribution in [2.75, 3.05) is 12.8 Å². The smallest absolute Gasteiger partial charge is 0.196 e. The highest BCUT2D eigenvalue weighted by molar-refractivity contribution is 7.15. The van der Waals surface area contributed by atoms with Gasteiger partial charge >= 0.3 is 0 Å². The summed E-state index contributed by atoms with van der Waals surface area (Å²) in [7, 11) is 1.67. The van der Waals surface area contributed by atoms with Gasteiger partial charge in [-0.2, -0.15) is 0 Å². The van der Waals surface area contributed by atoms with Crippen molar-refractivity contribution in [2.45, 2.75) is 19.8 Å². The highest BCUT2D eigenvalue weighted by atomic mass is 32.1. The van der Waals surface area contributed by atoms with Gasteiger partial charge in [0, 0.05) is 5.38 Å². The number of hydrogen-bond acceptors (Lipinski definition) is 4. The van der Waals surface area contributed by atoms with E-state index in [1.54, 1.807) is 18.4 Å². The van der Waals surface area contributed by atoms with E-state index in [2.05, 4.69) is 24.2 Å². The number of rotatable bonds is 3. The zero-order valence-electron chi connectivity index (χ0n) is 11.8. The van der Waals surface area contributed by atoms with Gasteiger partial charge in [0.05, 0.1) is 18.5 Å². The minimum atomic E-state index is 0.325. The van der Waals surface area contributed by atoms with Crippen molar-refractivity contribution < 1.29 is 4.74 Å².